The van der Waals surface area contributed by atoms with Crippen LogP contribution in [0.5, 0.6) is 11.5 Å². The average Bonchev–Trinajstić information content (AvgIpc) is 3.62. The predicted molar refractivity (Wildman–Crippen MR) is 143 cm³/mol. The minimum Gasteiger partial charge on any atom is -0.497 e. The zero-order chi connectivity index (χ0) is 24.5. The SMILES string of the molecule is COc1ccc(-c2oc3ncnc(N4CCNC(c5cccs5)C4)c3c2-c2ccc(OC)cc2)cc1. The number of rotatable bonds is 6. The van der Waals surface area contributed by atoms with Crippen molar-refractivity contribution in [3.8, 4) is 33.9 Å². The van der Waals surface area contributed by atoms with Crippen LogP contribution in [0.1, 0.15) is 10.9 Å². The zero-order valence-electron chi connectivity index (χ0n) is 20.1. The molecule has 0 radical (unpaired) electrons. The molecular formula is C28H26N4O3S. The van der Waals surface area contributed by atoms with E-state index in [9.17, 15) is 0 Å². The lowest BCUT2D eigenvalue weighted by Crippen LogP contribution is -2.46. The van der Waals surface area contributed by atoms with Crippen molar-refractivity contribution in [1.82, 2.24) is 15.3 Å². The molecule has 1 atom stereocenters. The largest absolute Gasteiger partial charge is 0.497 e. The van der Waals surface area contributed by atoms with Gasteiger partial charge in [0.2, 0.25) is 5.71 Å². The molecule has 0 bridgehead atoms. The highest BCUT2D eigenvalue weighted by molar-refractivity contribution is 7.10. The van der Waals surface area contributed by atoms with E-state index in [1.54, 1.807) is 31.9 Å². The average molecular weight is 499 g/mol. The van der Waals surface area contributed by atoms with E-state index in [0.717, 1.165) is 64.8 Å². The Morgan fingerprint density at radius 1 is 0.944 bits per heavy atom. The van der Waals surface area contributed by atoms with Crippen LogP contribution in [0.2, 0.25) is 0 Å². The number of thiophene rings is 1. The molecule has 1 unspecified atom stereocenters. The molecule has 1 saturated heterocycles. The summed E-state index contributed by atoms with van der Waals surface area (Å²) in [4.78, 5) is 13.0. The first-order valence-electron chi connectivity index (χ1n) is 11.8. The first-order valence-corrected chi connectivity index (χ1v) is 12.7. The number of aromatic nitrogens is 2. The monoisotopic (exact) mass is 498 g/mol. The van der Waals surface area contributed by atoms with Gasteiger partial charge >= 0.3 is 0 Å². The fraction of sp³-hybridized carbons (Fsp3) is 0.214. The molecule has 1 fully saturated rings. The summed E-state index contributed by atoms with van der Waals surface area (Å²) >= 11 is 1.78. The minimum atomic E-state index is 0.251. The summed E-state index contributed by atoms with van der Waals surface area (Å²) in [5, 5.41) is 6.69. The summed E-state index contributed by atoms with van der Waals surface area (Å²) < 4.78 is 17.2. The number of nitrogens with one attached hydrogen (secondary N) is 1. The second-order valence-corrected chi connectivity index (χ2v) is 9.59. The van der Waals surface area contributed by atoms with Gasteiger partial charge in [0.05, 0.1) is 25.6 Å². The van der Waals surface area contributed by atoms with Gasteiger partial charge < -0.3 is 24.1 Å². The summed E-state index contributed by atoms with van der Waals surface area (Å²) in [5.41, 5.74) is 3.51. The molecular weight excluding hydrogens is 472 g/mol. The van der Waals surface area contributed by atoms with Gasteiger partial charge in [0.15, 0.2) is 0 Å². The van der Waals surface area contributed by atoms with E-state index < -0.39 is 0 Å². The van der Waals surface area contributed by atoms with E-state index in [2.05, 4.69) is 44.8 Å². The number of hydrogen-bond donors (Lipinski definition) is 1. The van der Waals surface area contributed by atoms with Crippen LogP contribution in [0.3, 0.4) is 0 Å². The zero-order valence-corrected chi connectivity index (χ0v) is 20.9. The minimum absolute atomic E-state index is 0.251. The normalized spacial score (nSPS) is 15.8. The predicted octanol–water partition coefficient (Wildman–Crippen LogP) is 5.79. The summed E-state index contributed by atoms with van der Waals surface area (Å²) in [6, 6.07) is 20.5. The van der Waals surface area contributed by atoms with Gasteiger partial charge in [-0.3, -0.25) is 0 Å². The molecule has 3 aromatic heterocycles. The number of piperazine rings is 1. The quantitative estimate of drug-likeness (QED) is 0.318. The van der Waals surface area contributed by atoms with Crippen molar-refractivity contribution in [3.63, 3.8) is 0 Å². The van der Waals surface area contributed by atoms with Gasteiger partial charge in [-0.1, -0.05) is 18.2 Å². The van der Waals surface area contributed by atoms with Crippen LogP contribution in [-0.4, -0.2) is 43.8 Å². The number of furan rings is 1. The second-order valence-electron chi connectivity index (χ2n) is 8.61. The van der Waals surface area contributed by atoms with Crippen molar-refractivity contribution in [1.29, 1.82) is 0 Å². The van der Waals surface area contributed by atoms with Crippen LogP contribution in [0, 0.1) is 0 Å². The molecule has 1 aliphatic rings. The molecule has 1 N–H and O–H groups in total. The number of benzene rings is 2. The number of hydrogen-bond acceptors (Lipinski definition) is 8. The molecule has 1 aliphatic heterocycles. The number of fused-ring (bicyclic) bond motifs is 1. The Kier molecular flexibility index (Phi) is 6.04. The number of anilines is 1. The molecule has 0 spiro atoms. The maximum absolute atomic E-state index is 6.44. The smallest absolute Gasteiger partial charge is 0.232 e. The molecule has 5 aromatic rings. The standard InChI is InChI=1S/C28H26N4O3S/c1-33-20-9-5-18(6-10-20)24-25-27(32-14-13-29-22(16-32)23-4-3-15-36-23)30-17-31-28(25)35-26(24)19-7-11-21(34-2)12-8-19/h3-12,15,17,22,29H,13-14,16H2,1-2H3. The van der Waals surface area contributed by atoms with Crippen LogP contribution in [0.25, 0.3) is 33.6 Å². The first-order chi connectivity index (χ1) is 17.7. The second kappa shape index (κ2) is 9.64. The first kappa shape index (κ1) is 22.6. The molecule has 36 heavy (non-hydrogen) atoms. The lowest BCUT2D eigenvalue weighted by atomic mass is 9.98. The molecule has 0 saturated carbocycles. The van der Waals surface area contributed by atoms with E-state index in [-0.39, 0.29) is 6.04 Å². The van der Waals surface area contributed by atoms with Gasteiger partial charge in [0, 0.05) is 35.6 Å². The molecule has 7 nitrogen and oxygen atoms in total. The van der Waals surface area contributed by atoms with Crippen LogP contribution < -0.4 is 19.7 Å². The highest BCUT2D eigenvalue weighted by atomic mass is 32.1. The molecule has 182 valence electrons. The summed E-state index contributed by atoms with van der Waals surface area (Å²) in [7, 11) is 3.34. The van der Waals surface area contributed by atoms with Gasteiger partial charge in [-0.05, 0) is 53.4 Å². The molecule has 8 heteroatoms. The van der Waals surface area contributed by atoms with Crippen molar-refractivity contribution < 1.29 is 13.9 Å². The van der Waals surface area contributed by atoms with Crippen LogP contribution in [0.15, 0.2) is 76.8 Å². The third-order valence-corrected chi connectivity index (χ3v) is 7.55. The summed E-state index contributed by atoms with van der Waals surface area (Å²) in [5.74, 6) is 3.23. The molecule has 0 aliphatic carbocycles. The maximum Gasteiger partial charge on any atom is 0.232 e. The Morgan fingerprint density at radius 2 is 1.67 bits per heavy atom. The highest BCUT2D eigenvalue weighted by Gasteiger charge is 2.28. The van der Waals surface area contributed by atoms with E-state index in [1.807, 2.05) is 36.4 Å². The third-order valence-electron chi connectivity index (χ3n) is 6.56. The lowest BCUT2D eigenvalue weighted by molar-refractivity contribution is 0.414. The van der Waals surface area contributed by atoms with E-state index in [1.165, 1.54) is 4.88 Å². The van der Waals surface area contributed by atoms with Crippen molar-refractivity contribution >= 4 is 28.3 Å². The van der Waals surface area contributed by atoms with E-state index >= 15 is 0 Å². The Morgan fingerprint density at radius 3 is 2.33 bits per heavy atom. The van der Waals surface area contributed by atoms with Crippen LogP contribution >= 0.6 is 11.3 Å². The lowest BCUT2D eigenvalue weighted by Gasteiger charge is -2.34. The molecule has 6 rings (SSSR count). The van der Waals surface area contributed by atoms with Crippen LogP contribution in [-0.2, 0) is 0 Å². The summed E-state index contributed by atoms with van der Waals surface area (Å²) in [6.45, 7) is 2.53. The Balaban J connectivity index is 1.52. The van der Waals surface area contributed by atoms with Gasteiger partial charge in [-0.15, -0.1) is 11.3 Å². The number of nitrogens with zero attached hydrogens (tertiary/aromatic N) is 3. The van der Waals surface area contributed by atoms with Gasteiger partial charge in [0.1, 0.15) is 29.4 Å². The Bertz CT molecular complexity index is 1460. The van der Waals surface area contributed by atoms with Crippen molar-refractivity contribution in [2.45, 2.75) is 6.04 Å². The van der Waals surface area contributed by atoms with Crippen molar-refractivity contribution in [2.24, 2.45) is 0 Å². The number of methoxy groups -OCH3 is 2. The molecule has 0 amide bonds. The van der Waals surface area contributed by atoms with Crippen LogP contribution in [0.4, 0.5) is 5.82 Å². The Labute approximate surface area is 213 Å². The van der Waals surface area contributed by atoms with Crippen molar-refractivity contribution in [3.05, 3.63) is 77.2 Å². The van der Waals surface area contributed by atoms with Gasteiger partial charge in [-0.25, -0.2) is 9.97 Å². The highest BCUT2D eigenvalue weighted by Crippen LogP contribution is 2.44. The number of ether oxygens (including phenoxy) is 2. The van der Waals surface area contributed by atoms with Crippen molar-refractivity contribution in [2.75, 3.05) is 38.8 Å². The molecule has 4 heterocycles. The third kappa shape index (κ3) is 4.08. The topological polar surface area (TPSA) is 72.7 Å². The molecule has 2 aromatic carbocycles. The van der Waals surface area contributed by atoms with E-state index in [4.69, 9.17) is 18.9 Å². The van der Waals surface area contributed by atoms with Gasteiger partial charge in [0.25, 0.3) is 0 Å². The van der Waals surface area contributed by atoms with E-state index in [0.29, 0.717) is 5.71 Å². The fourth-order valence-electron chi connectivity index (χ4n) is 4.76. The summed E-state index contributed by atoms with van der Waals surface area (Å²) in [6.07, 6.45) is 1.60. The maximum atomic E-state index is 6.44. The fourth-order valence-corrected chi connectivity index (χ4v) is 5.55. The Hall–Kier alpha value is -3.88. The van der Waals surface area contributed by atoms with Gasteiger partial charge in [-0.2, -0.15) is 0 Å².